The monoisotopic (exact) mass is 282 g/mol. The van der Waals surface area contributed by atoms with Gasteiger partial charge in [-0.2, -0.15) is 13.2 Å². The van der Waals surface area contributed by atoms with Crippen molar-refractivity contribution in [2.45, 2.75) is 13.1 Å². The molecule has 0 unspecified atom stereocenters. The lowest BCUT2D eigenvalue weighted by Gasteiger charge is -2.11. The molecule has 0 saturated carbocycles. The maximum absolute atomic E-state index is 12.0. The number of carboxylic acid groups (broad SMARTS) is 1. The van der Waals surface area contributed by atoms with Gasteiger partial charge in [-0.25, -0.2) is 9.78 Å². The van der Waals surface area contributed by atoms with Gasteiger partial charge >= 0.3 is 18.1 Å². The average Bonchev–Trinajstić information content (AvgIpc) is 2.13. The zero-order valence-electron chi connectivity index (χ0n) is 8.80. The molecule has 0 aromatic carbocycles. The Bertz CT molecular complexity index is 517. The van der Waals surface area contributed by atoms with Gasteiger partial charge in [0.05, 0.1) is 0 Å². The number of anilines is 1. The summed E-state index contributed by atoms with van der Waals surface area (Å²) in [6, 6.07) is 1.16. The van der Waals surface area contributed by atoms with Gasteiger partial charge in [-0.1, -0.05) is 11.6 Å². The number of aromatic nitrogens is 1. The second kappa shape index (κ2) is 4.81. The number of carboxylic acids is 1. The van der Waals surface area contributed by atoms with E-state index in [1.165, 1.54) is 12.2 Å². The number of alkyl halides is 3. The first-order valence-corrected chi connectivity index (χ1v) is 4.79. The summed E-state index contributed by atoms with van der Waals surface area (Å²) in [7, 11) is 0. The van der Waals surface area contributed by atoms with E-state index in [4.69, 9.17) is 16.7 Å². The maximum Gasteiger partial charge on any atom is 0.471 e. The summed E-state index contributed by atoms with van der Waals surface area (Å²) in [5, 5.41) is 9.98. The van der Waals surface area contributed by atoms with Crippen LogP contribution in [0.1, 0.15) is 15.9 Å². The molecule has 1 amide bonds. The molecule has 0 aliphatic rings. The minimum absolute atomic E-state index is 0.0833. The van der Waals surface area contributed by atoms with E-state index < -0.39 is 29.4 Å². The fourth-order valence-electron chi connectivity index (χ4n) is 1.17. The summed E-state index contributed by atoms with van der Waals surface area (Å²) in [4.78, 5) is 25.0. The number of aromatic carboxylic acids is 1. The van der Waals surface area contributed by atoms with Crippen LogP contribution in [0.2, 0.25) is 5.15 Å². The topological polar surface area (TPSA) is 79.3 Å². The third-order valence-electron chi connectivity index (χ3n) is 1.89. The summed E-state index contributed by atoms with van der Waals surface area (Å²) in [6.07, 6.45) is -5.15. The van der Waals surface area contributed by atoms with Crippen molar-refractivity contribution < 1.29 is 27.9 Å². The van der Waals surface area contributed by atoms with Crippen molar-refractivity contribution in [3.05, 3.63) is 22.3 Å². The molecule has 5 nitrogen and oxygen atoms in total. The normalized spacial score (nSPS) is 11.2. The molecule has 18 heavy (non-hydrogen) atoms. The summed E-state index contributed by atoms with van der Waals surface area (Å²) >= 11 is 5.49. The lowest BCUT2D eigenvalue weighted by atomic mass is 10.1. The van der Waals surface area contributed by atoms with Gasteiger partial charge in [0.25, 0.3) is 0 Å². The molecule has 98 valence electrons. The van der Waals surface area contributed by atoms with E-state index >= 15 is 0 Å². The molecule has 0 fully saturated rings. The number of rotatable bonds is 2. The molecule has 0 bridgehead atoms. The van der Waals surface area contributed by atoms with Gasteiger partial charge in [0, 0.05) is 0 Å². The van der Waals surface area contributed by atoms with Crippen LogP contribution in [0.4, 0.5) is 19.0 Å². The van der Waals surface area contributed by atoms with E-state index in [2.05, 4.69) is 4.98 Å². The van der Waals surface area contributed by atoms with Crippen molar-refractivity contribution >= 4 is 29.3 Å². The van der Waals surface area contributed by atoms with Crippen LogP contribution in [0.5, 0.6) is 0 Å². The molecule has 0 spiro atoms. The number of pyridine rings is 1. The number of nitrogens with one attached hydrogen (secondary N) is 1. The molecule has 0 saturated heterocycles. The number of aryl methyl sites for hydroxylation is 1. The highest BCUT2D eigenvalue weighted by Crippen LogP contribution is 2.24. The Morgan fingerprint density at radius 2 is 2.00 bits per heavy atom. The zero-order valence-corrected chi connectivity index (χ0v) is 9.56. The van der Waals surface area contributed by atoms with Gasteiger partial charge in [0.1, 0.15) is 16.5 Å². The van der Waals surface area contributed by atoms with Crippen molar-refractivity contribution in [3.63, 3.8) is 0 Å². The summed E-state index contributed by atoms with van der Waals surface area (Å²) < 4.78 is 36.1. The van der Waals surface area contributed by atoms with Crippen molar-refractivity contribution in [1.82, 2.24) is 4.98 Å². The molecule has 0 atom stereocenters. The Labute approximate surface area is 104 Å². The number of carbonyl (C=O) groups excluding carboxylic acids is 1. The van der Waals surface area contributed by atoms with Gasteiger partial charge in [-0.05, 0) is 18.6 Å². The predicted molar refractivity (Wildman–Crippen MR) is 55.6 cm³/mol. The molecule has 1 aromatic heterocycles. The van der Waals surface area contributed by atoms with E-state index in [0.717, 1.165) is 6.07 Å². The third kappa shape index (κ3) is 3.10. The number of halogens is 4. The first kappa shape index (κ1) is 14.2. The van der Waals surface area contributed by atoms with Crippen LogP contribution in [0.25, 0.3) is 0 Å². The lowest BCUT2D eigenvalue weighted by Crippen LogP contribution is -2.31. The highest BCUT2D eigenvalue weighted by atomic mass is 35.5. The van der Waals surface area contributed by atoms with Gasteiger partial charge in [0.2, 0.25) is 0 Å². The van der Waals surface area contributed by atoms with E-state index in [-0.39, 0.29) is 10.7 Å². The molecule has 1 rings (SSSR count). The maximum atomic E-state index is 12.0. The van der Waals surface area contributed by atoms with Gasteiger partial charge in [0.15, 0.2) is 0 Å². The van der Waals surface area contributed by atoms with Crippen molar-refractivity contribution in [2.24, 2.45) is 0 Å². The smallest absolute Gasteiger partial charge is 0.471 e. The zero-order chi connectivity index (χ0) is 14.1. The van der Waals surface area contributed by atoms with Gasteiger partial charge < -0.3 is 10.4 Å². The van der Waals surface area contributed by atoms with E-state index in [1.54, 1.807) is 0 Å². The third-order valence-corrected chi connectivity index (χ3v) is 2.08. The Kier molecular flexibility index (Phi) is 3.80. The SMILES string of the molecule is Cc1cc(Cl)nc(NC(=O)C(F)(F)F)c1C(=O)O. The van der Waals surface area contributed by atoms with Crippen LogP contribution < -0.4 is 5.32 Å². The fraction of sp³-hybridized carbons (Fsp3) is 0.222. The molecule has 0 aliphatic carbocycles. The highest BCUT2D eigenvalue weighted by Gasteiger charge is 2.39. The Balaban J connectivity index is 3.24. The average molecular weight is 283 g/mol. The summed E-state index contributed by atoms with van der Waals surface area (Å²) in [6.45, 7) is 1.32. The quantitative estimate of drug-likeness (QED) is 0.815. The number of nitrogens with zero attached hydrogens (tertiary/aromatic N) is 1. The summed E-state index contributed by atoms with van der Waals surface area (Å²) in [5.74, 6) is -4.58. The fourth-order valence-corrected chi connectivity index (χ4v) is 1.42. The minimum Gasteiger partial charge on any atom is -0.478 e. The number of hydrogen-bond acceptors (Lipinski definition) is 3. The molecule has 0 aliphatic heterocycles. The van der Waals surface area contributed by atoms with Crippen molar-refractivity contribution in [1.29, 1.82) is 0 Å². The van der Waals surface area contributed by atoms with Crippen LogP contribution >= 0.6 is 11.6 Å². The van der Waals surface area contributed by atoms with E-state index in [1.807, 2.05) is 0 Å². The Morgan fingerprint density at radius 1 is 1.44 bits per heavy atom. The van der Waals surface area contributed by atoms with Crippen LogP contribution in [0, 0.1) is 6.92 Å². The molecular weight excluding hydrogens is 277 g/mol. The van der Waals surface area contributed by atoms with Crippen LogP contribution in [0.3, 0.4) is 0 Å². The lowest BCUT2D eigenvalue weighted by molar-refractivity contribution is -0.167. The number of carbonyl (C=O) groups is 2. The van der Waals surface area contributed by atoms with Crippen LogP contribution in [-0.4, -0.2) is 28.1 Å². The van der Waals surface area contributed by atoms with Crippen LogP contribution in [0.15, 0.2) is 6.07 Å². The Morgan fingerprint density at radius 3 is 2.44 bits per heavy atom. The first-order chi connectivity index (χ1) is 8.12. The molecule has 1 heterocycles. The van der Waals surface area contributed by atoms with Crippen LogP contribution in [-0.2, 0) is 4.79 Å². The molecule has 2 N–H and O–H groups in total. The number of hydrogen-bond donors (Lipinski definition) is 2. The first-order valence-electron chi connectivity index (χ1n) is 4.41. The highest BCUT2D eigenvalue weighted by molar-refractivity contribution is 6.29. The van der Waals surface area contributed by atoms with Gasteiger partial charge in [-0.15, -0.1) is 0 Å². The second-order valence-electron chi connectivity index (χ2n) is 3.24. The van der Waals surface area contributed by atoms with Crippen molar-refractivity contribution in [2.75, 3.05) is 5.32 Å². The number of amides is 1. The van der Waals surface area contributed by atoms with E-state index in [9.17, 15) is 22.8 Å². The molecular formula is C9H6ClF3N2O3. The standard InChI is InChI=1S/C9H6ClF3N2O3/c1-3-2-4(10)14-6(5(3)7(16)17)15-8(18)9(11,12)13/h2H,1H3,(H,16,17)(H,14,15,18). The summed E-state index contributed by atoms with van der Waals surface area (Å²) in [5.41, 5.74) is -0.461. The largest absolute Gasteiger partial charge is 0.478 e. The van der Waals surface area contributed by atoms with E-state index in [0.29, 0.717) is 0 Å². The second-order valence-corrected chi connectivity index (χ2v) is 3.63. The van der Waals surface area contributed by atoms with Gasteiger partial charge in [-0.3, -0.25) is 4.79 Å². The minimum atomic E-state index is -5.15. The molecule has 0 radical (unpaired) electrons. The predicted octanol–water partition coefficient (Wildman–Crippen LogP) is 2.24. The Hall–Kier alpha value is -1.83. The van der Waals surface area contributed by atoms with Crippen molar-refractivity contribution in [3.8, 4) is 0 Å². The molecule has 9 heteroatoms. The molecule has 1 aromatic rings.